The Labute approximate surface area is 121 Å². The molecule has 0 bridgehead atoms. The van der Waals surface area contributed by atoms with Crippen LogP contribution in [-0.4, -0.2) is 18.3 Å². The van der Waals surface area contributed by atoms with E-state index in [1.165, 1.54) is 29.9 Å². The number of rotatable bonds is 3. The van der Waals surface area contributed by atoms with Crippen LogP contribution in [0.4, 0.5) is 0 Å². The second-order valence-corrected chi connectivity index (χ2v) is 7.48. The molecule has 4 unspecified atom stereocenters. The lowest BCUT2D eigenvalue weighted by molar-refractivity contribution is 0.225. The van der Waals surface area contributed by atoms with Gasteiger partial charge in [-0.3, -0.25) is 0 Å². The molecule has 3 rings (SSSR count). The Morgan fingerprint density at radius 1 is 1.16 bits per heavy atom. The second-order valence-electron chi connectivity index (χ2n) is 6.42. The van der Waals surface area contributed by atoms with Crippen molar-refractivity contribution in [3.8, 4) is 0 Å². The molecular formula is C17H25NS. The molecule has 2 heteroatoms. The predicted octanol–water partition coefficient (Wildman–Crippen LogP) is 4.29. The minimum atomic E-state index is 0.718. The number of thioether (sulfide) groups is 1. The summed E-state index contributed by atoms with van der Waals surface area (Å²) in [5, 5.41) is 3.84. The van der Waals surface area contributed by atoms with Gasteiger partial charge in [0.05, 0.1) is 0 Å². The molecule has 0 saturated heterocycles. The molecule has 0 aromatic heterocycles. The molecule has 104 valence electrons. The first kappa shape index (κ1) is 13.5. The van der Waals surface area contributed by atoms with Gasteiger partial charge in [0.1, 0.15) is 0 Å². The normalized spacial score (nSPS) is 34.2. The summed E-state index contributed by atoms with van der Waals surface area (Å²) in [6.07, 6.45) is 4.13. The molecule has 1 nitrogen and oxygen atoms in total. The molecule has 1 aromatic carbocycles. The van der Waals surface area contributed by atoms with Crippen molar-refractivity contribution >= 4 is 11.8 Å². The Bertz CT molecular complexity index is 431. The Kier molecular flexibility index (Phi) is 4.18. The van der Waals surface area contributed by atoms with E-state index in [2.05, 4.69) is 43.4 Å². The van der Waals surface area contributed by atoms with Crippen LogP contribution in [0.1, 0.15) is 44.6 Å². The number of hydrogen-bond acceptors (Lipinski definition) is 2. The standard InChI is InChI=1S/C17H25NS/c1-12-7-8-15(9-13(12)2)18-10-14-11-19-17-6-4-3-5-16(14)17/h3-6,12-15,18H,7-11H2,1-2H3. The number of benzene rings is 1. The first-order valence-electron chi connectivity index (χ1n) is 7.69. The zero-order valence-corrected chi connectivity index (χ0v) is 12.9. The van der Waals surface area contributed by atoms with E-state index in [0.29, 0.717) is 0 Å². The van der Waals surface area contributed by atoms with E-state index < -0.39 is 0 Å². The maximum absolute atomic E-state index is 3.84. The Morgan fingerprint density at radius 2 is 2.00 bits per heavy atom. The summed E-state index contributed by atoms with van der Waals surface area (Å²) in [7, 11) is 0. The molecule has 1 fully saturated rings. The van der Waals surface area contributed by atoms with E-state index in [1.807, 2.05) is 11.8 Å². The lowest BCUT2D eigenvalue weighted by atomic mass is 9.79. The number of nitrogens with one attached hydrogen (secondary N) is 1. The lowest BCUT2D eigenvalue weighted by Gasteiger charge is -2.33. The molecule has 1 N–H and O–H groups in total. The van der Waals surface area contributed by atoms with Crippen LogP contribution < -0.4 is 5.32 Å². The third kappa shape index (κ3) is 3.00. The van der Waals surface area contributed by atoms with Crippen LogP contribution in [-0.2, 0) is 0 Å². The van der Waals surface area contributed by atoms with E-state index in [-0.39, 0.29) is 0 Å². The highest BCUT2D eigenvalue weighted by Crippen LogP contribution is 2.39. The van der Waals surface area contributed by atoms with Crippen molar-refractivity contribution in [3.63, 3.8) is 0 Å². The van der Waals surface area contributed by atoms with Gasteiger partial charge in [-0.2, -0.15) is 0 Å². The van der Waals surface area contributed by atoms with Crippen molar-refractivity contribution in [1.29, 1.82) is 0 Å². The fourth-order valence-corrected chi connectivity index (χ4v) is 4.69. The van der Waals surface area contributed by atoms with Crippen molar-refractivity contribution in [2.45, 2.75) is 50.0 Å². The summed E-state index contributed by atoms with van der Waals surface area (Å²) in [5.74, 6) is 3.78. The molecule has 1 saturated carbocycles. The fourth-order valence-electron chi connectivity index (χ4n) is 3.44. The van der Waals surface area contributed by atoms with Crippen molar-refractivity contribution in [2.75, 3.05) is 12.3 Å². The van der Waals surface area contributed by atoms with Crippen LogP contribution >= 0.6 is 11.8 Å². The van der Waals surface area contributed by atoms with Crippen LogP contribution in [0.5, 0.6) is 0 Å². The van der Waals surface area contributed by atoms with Crippen LogP contribution in [0, 0.1) is 11.8 Å². The van der Waals surface area contributed by atoms with E-state index in [4.69, 9.17) is 0 Å². The monoisotopic (exact) mass is 275 g/mol. The first-order chi connectivity index (χ1) is 9.24. The Morgan fingerprint density at radius 3 is 2.84 bits per heavy atom. The molecule has 0 radical (unpaired) electrons. The maximum atomic E-state index is 3.84. The second kappa shape index (κ2) is 5.88. The smallest absolute Gasteiger partial charge is 0.0108 e. The first-order valence-corrected chi connectivity index (χ1v) is 8.67. The van der Waals surface area contributed by atoms with Crippen molar-refractivity contribution in [1.82, 2.24) is 5.32 Å². The highest BCUT2D eigenvalue weighted by atomic mass is 32.2. The molecular weight excluding hydrogens is 250 g/mol. The maximum Gasteiger partial charge on any atom is 0.0108 e. The van der Waals surface area contributed by atoms with Crippen molar-refractivity contribution in [2.24, 2.45) is 11.8 Å². The molecule has 0 spiro atoms. The summed E-state index contributed by atoms with van der Waals surface area (Å²) in [5.41, 5.74) is 1.57. The summed E-state index contributed by atoms with van der Waals surface area (Å²) in [4.78, 5) is 1.50. The summed E-state index contributed by atoms with van der Waals surface area (Å²) in [6.45, 7) is 5.99. The number of fused-ring (bicyclic) bond motifs is 1. The van der Waals surface area contributed by atoms with Crippen LogP contribution in [0.2, 0.25) is 0 Å². The van der Waals surface area contributed by atoms with Gasteiger partial charge in [-0.25, -0.2) is 0 Å². The largest absolute Gasteiger partial charge is 0.313 e. The van der Waals surface area contributed by atoms with Gasteiger partial charge in [0, 0.05) is 29.2 Å². The Hall–Kier alpha value is -0.470. The van der Waals surface area contributed by atoms with E-state index in [1.54, 1.807) is 5.56 Å². The lowest BCUT2D eigenvalue weighted by Crippen LogP contribution is -2.38. The van der Waals surface area contributed by atoms with Crippen molar-refractivity contribution in [3.05, 3.63) is 29.8 Å². The SMILES string of the molecule is CC1CCC(NCC2CSc3ccccc32)CC1C. The van der Waals surface area contributed by atoms with E-state index in [0.717, 1.165) is 30.3 Å². The molecule has 1 aliphatic carbocycles. The molecule has 1 aliphatic heterocycles. The van der Waals surface area contributed by atoms with Gasteiger partial charge in [0.2, 0.25) is 0 Å². The van der Waals surface area contributed by atoms with E-state index in [9.17, 15) is 0 Å². The minimum absolute atomic E-state index is 0.718. The molecule has 19 heavy (non-hydrogen) atoms. The van der Waals surface area contributed by atoms with Crippen molar-refractivity contribution < 1.29 is 0 Å². The van der Waals surface area contributed by atoms with Gasteiger partial charge < -0.3 is 5.32 Å². The van der Waals surface area contributed by atoms with Crippen LogP contribution in [0.3, 0.4) is 0 Å². The van der Waals surface area contributed by atoms with Gasteiger partial charge in [0.25, 0.3) is 0 Å². The molecule has 1 aromatic rings. The highest BCUT2D eigenvalue weighted by molar-refractivity contribution is 7.99. The summed E-state index contributed by atoms with van der Waals surface area (Å²) < 4.78 is 0. The fraction of sp³-hybridized carbons (Fsp3) is 0.647. The predicted molar refractivity (Wildman–Crippen MR) is 83.9 cm³/mol. The topological polar surface area (TPSA) is 12.0 Å². The zero-order valence-electron chi connectivity index (χ0n) is 12.1. The van der Waals surface area contributed by atoms with Gasteiger partial charge in [-0.15, -0.1) is 11.8 Å². The van der Waals surface area contributed by atoms with E-state index >= 15 is 0 Å². The third-order valence-corrected chi connectivity index (χ3v) is 6.30. The van der Waals surface area contributed by atoms with Gasteiger partial charge in [-0.05, 0) is 42.7 Å². The quantitative estimate of drug-likeness (QED) is 0.883. The highest BCUT2D eigenvalue weighted by Gasteiger charge is 2.27. The van der Waals surface area contributed by atoms with Gasteiger partial charge in [0.15, 0.2) is 0 Å². The third-order valence-electron chi connectivity index (χ3n) is 5.05. The zero-order chi connectivity index (χ0) is 13.2. The molecule has 1 heterocycles. The molecule has 2 aliphatic rings. The van der Waals surface area contributed by atoms with Crippen LogP contribution in [0.25, 0.3) is 0 Å². The average Bonchev–Trinajstić information content (AvgIpc) is 2.83. The van der Waals surface area contributed by atoms with Gasteiger partial charge in [-0.1, -0.05) is 32.0 Å². The van der Waals surface area contributed by atoms with Crippen LogP contribution in [0.15, 0.2) is 29.2 Å². The minimum Gasteiger partial charge on any atom is -0.313 e. The molecule has 0 amide bonds. The Balaban J connectivity index is 1.54. The molecule has 4 atom stereocenters. The average molecular weight is 275 g/mol. The van der Waals surface area contributed by atoms with Gasteiger partial charge >= 0.3 is 0 Å². The summed E-state index contributed by atoms with van der Waals surface area (Å²) >= 11 is 2.02. The summed E-state index contributed by atoms with van der Waals surface area (Å²) in [6, 6.07) is 9.68. The number of hydrogen-bond donors (Lipinski definition) is 1.